The van der Waals surface area contributed by atoms with Crippen LogP contribution in [0.25, 0.3) is 0 Å². The van der Waals surface area contributed by atoms with E-state index in [-0.39, 0.29) is 5.91 Å². The molecule has 2 aromatic rings. The van der Waals surface area contributed by atoms with Crippen LogP contribution in [0.2, 0.25) is 0 Å². The van der Waals surface area contributed by atoms with Crippen molar-refractivity contribution in [3.05, 3.63) is 58.4 Å². The number of methoxy groups -OCH3 is 1. The van der Waals surface area contributed by atoms with Gasteiger partial charge in [-0.2, -0.15) is 0 Å². The summed E-state index contributed by atoms with van der Waals surface area (Å²) in [6.45, 7) is 4.74. The number of hydrogen-bond donors (Lipinski definition) is 0. The second kappa shape index (κ2) is 7.69. The maximum atomic E-state index is 13.0. The number of pyridine rings is 1. The third kappa shape index (κ3) is 3.98. The standard InChI is InChI=1S/C22H26N2O3/c1-15-9-19(26-2)5-6-20(15)22(25)24-8-7-21-17(12-24)10-23-11-18(21)14-27-13-16-3-4-16/h5-6,9-11,16H,3-4,7-8,12-14H2,1-2H3. The predicted molar refractivity (Wildman–Crippen MR) is 103 cm³/mol. The number of aryl methyl sites for hydroxylation is 1. The highest BCUT2D eigenvalue weighted by atomic mass is 16.5. The lowest BCUT2D eigenvalue weighted by Crippen LogP contribution is -2.36. The van der Waals surface area contributed by atoms with Crippen molar-refractivity contribution in [1.82, 2.24) is 9.88 Å². The van der Waals surface area contributed by atoms with Crippen LogP contribution in [0.4, 0.5) is 0 Å². The fourth-order valence-corrected chi connectivity index (χ4v) is 3.66. The van der Waals surface area contributed by atoms with Gasteiger partial charge < -0.3 is 14.4 Å². The molecule has 1 fully saturated rings. The van der Waals surface area contributed by atoms with E-state index >= 15 is 0 Å². The van der Waals surface area contributed by atoms with Gasteiger partial charge in [0.25, 0.3) is 5.91 Å². The molecule has 0 N–H and O–H groups in total. The van der Waals surface area contributed by atoms with Crippen molar-refractivity contribution < 1.29 is 14.3 Å². The molecule has 4 rings (SSSR count). The molecule has 1 aromatic heterocycles. The first kappa shape index (κ1) is 18.0. The lowest BCUT2D eigenvalue weighted by atomic mass is 9.96. The molecule has 1 saturated carbocycles. The van der Waals surface area contributed by atoms with Crippen molar-refractivity contribution in [2.75, 3.05) is 20.3 Å². The van der Waals surface area contributed by atoms with Gasteiger partial charge in [0.2, 0.25) is 0 Å². The highest BCUT2D eigenvalue weighted by Crippen LogP contribution is 2.30. The number of benzene rings is 1. The number of rotatable bonds is 6. The second-order valence-corrected chi connectivity index (χ2v) is 7.55. The van der Waals surface area contributed by atoms with Gasteiger partial charge in [-0.05, 0) is 72.6 Å². The molecule has 0 radical (unpaired) electrons. The summed E-state index contributed by atoms with van der Waals surface area (Å²) >= 11 is 0. The van der Waals surface area contributed by atoms with Gasteiger partial charge in [-0.25, -0.2) is 0 Å². The Morgan fingerprint density at radius 1 is 1.30 bits per heavy atom. The minimum atomic E-state index is 0.0659. The lowest BCUT2D eigenvalue weighted by Gasteiger charge is -2.30. The van der Waals surface area contributed by atoms with Crippen LogP contribution in [0.5, 0.6) is 5.75 Å². The van der Waals surface area contributed by atoms with Crippen LogP contribution in [0.1, 0.15) is 45.5 Å². The van der Waals surface area contributed by atoms with Gasteiger partial charge in [-0.15, -0.1) is 0 Å². The van der Waals surface area contributed by atoms with Crippen LogP contribution in [0, 0.1) is 12.8 Å². The zero-order chi connectivity index (χ0) is 18.8. The highest BCUT2D eigenvalue weighted by Gasteiger charge is 2.25. The van der Waals surface area contributed by atoms with E-state index < -0.39 is 0 Å². The number of amides is 1. The van der Waals surface area contributed by atoms with Crippen LogP contribution in [-0.2, 0) is 24.3 Å². The number of carbonyl (C=O) groups excluding carboxylic acids is 1. The first-order valence-corrected chi connectivity index (χ1v) is 9.62. The molecule has 1 amide bonds. The van der Waals surface area contributed by atoms with E-state index in [1.807, 2.05) is 42.4 Å². The average Bonchev–Trinajstić information content (AvgIpc) is 3.51. The average molecular weight is 366 g/mol. The zero-order valence-corrected chi connectivity index (χ0v) is 16.0. The van der Waals surface area contributed by atoms with E-state index in [4.69, 9.17) is 9.47 Å². The van der Waals surface area contributed by atoms with Gasteiger partial charge >= 0.3 is 0 Å². The molecule has 0 spiro atoms. The molecular formula is C22H26N2O3. The number of aromatic nitrogens is 1. The normalized spacial score (nSPS) is 16.1. The number of hydrogen-bond acceptors (Lipinski definition) is 4. The number of nitrogens with zero attached hydrogens (tertiary/aromatic N) is 2. The van der Waals surface area contributed by atoms with E-state index in [9.17, 15) is 4.79 Å². The molecule has 5 nitrogen and oxygen atoms in total. The number of fused-ring (bicyclic) bond motifs is 1. The van der Waals surface area contributed by atoms with Crippen LogP contribution < -0.4 is 4.74 Å². The molecule has 1 aliphatic carbocycles. The Labute approximate surface area is 160 Å². The van der Waals surface area contributed by atoms with Gasteiger partial charge in [0.05, 0.1) is 13.7 Å². The van der Waals surface area contributed by atoms with Crippen LogP contribution in [0.15, 0.2) is 30.6 Å². The topological polar surface area (TPSA) is 51.7 Å². The summed E-state index contributed by atoms with van der Waals surface area (Å²) < 4.78 is 11.1. The molecule has 0 atom stereocenters. The molecule has 27 heavy (non-hydrogen) atoms. The zero-order valence-electron chi connectivity index (χ0n) is 16.0. The lowest BCUT2D eigenvalue weighted by molar-refractivity contribution is 0.0731. The van der Waals surface area contributed by atoms with Gasteiger partial charge in [0.1, 0.15) is 5.75 Å². The first-order valence-electron chi connectivity index (χ1n) is 9.62. The van der Waals surface area contributed by atoms with Gasteiger partial charge in [0, 0.05) is 37.7 Å². The van der Waals surface area contributed by atoms with Crippen molar-refractivity contribution >= 4 is 5.91 Å². The quantitative estimate of drug-likeness (QED) is 0.785. The van der Waals surface area contributed by atoms with E-state index in [0.717, 1.165) is 47.9 Å². The Morgan fingerprint density at radius 3 is 2.89 bits per heavy atom. The highest BCUT2D eigenvalue weighted by molar-refractivity contribution is 5.96. The Morgan fingerprint density at radius 2 is 2.15 bits per heavy atom. The van der Waals surface area contributed by atoms with Crippen molar-refractivity contribution in [3.63, 3.8) is 0 Å². The van der Waals surface area contributed by atoms with Gasteiger partial charge in [0.15, 0.2) is 0 Å². The molecule has 0 unspecified atom stereocenters. The summed E-state index contributed by atoms with van der Waals surface area (Å²) in [6, 6.07) is 5.60. The van der Waals surface area contributed by atoms with Crippen molar-refractivity contribution in [2.45, 2.75) is 39.3 Å². The summed E-state index contributed by atoms with van der Waals surface area (Å²) in [5.41, 5.74) is 5.27. The second-order valence-electron chi connectivity index (χ2n) is 7.55. The number of ether oxygens (including phenoxy) is 2. The summed E-state index contributed by atoms with van der Waals surface area (Å²) in [4.78, 5) is 19.3. The number of carbonyl (C=O) groups is 1. The van der Waals surface area contributed by atoms with Crippen molar-refractivity contribution in [2.24, 2.45) is 5.92 Å². The Hall–Kier alpha value is -2.40. The summed E-state index contributed by atoms with van der Waals surface area (Å²) in [7, 11) is 1.64. The van der Waals surface area contributed by atoms with E-state index in [0.29, 0.717) is 13.2 Å². The Balaban J connectivity index is 1.47. The minimum Gasteiger partial charge on any atom is -0.497 e. The van der Waals surface area contributed by atoms with E-state index in [2.05, 4.69) is 4.98 Å². The molecule has 1 aliphatic heterocycles. The van der Waals surface area contributed by atoms with Crippen LogP contribution >= 0.6 is 0 Å². The summed E-state index contributed by atoms with van der Waals surface area (Å²) in [5, 5.41) is 0. The fraction of sp³-hybridized carbons (Fsp3) is 0.455. The van der Waals surface area contributed by atoms with Gasteiger partial charge in [-0.3, -0.25) is 9.78 Å². The van der Waals surface area contributed by atoms with Crippen molar-refractivity contribution in [1.29, 1.82) is 0 Å². The van der Waals surface area contributed by atoms with Crippen LogP contribution in [0.3, 0.4) is 0 Å². The Bertz CT molecular complexity index is 845. The molecular weight excluding hydrogens is 340 g/mol. The van der Waals surface area contributed by atoms with Gasteiger partial charge in [-0.1, -0.05) is 0 Å². The van der Waals surface area contributed by atoms with E-state index in [1.165, 1.54) is 24.0 Å². The first-order chi connectivity index (χ1) is 13.2. The third-order valence-electron chi connectivity index (χ3n) is 5.49. The summed E-state index contributed by atoms with van der Waals surface area (Å²) in [6.07, 6.45) is 7.25. The monoisotopic (exact) mass is 366 g/mol. The molecule has 2 aliphatic rings. The maximum absolute atomic E-state index is 13.0. The predicted octanol–water partition coefficient (Wildman–Crippen LogP) is 3.52. The largest absolute Gasteiger partial charge is 0.497 e. The summed E-state index contributed by atoms with van der Waals surface area (Å²) in [5.74, 6) is 1.60. The molecule has 142 valence electrons. The van der Waals surface area contributed by atoms with E-state index in [1.54, 1.807) is 7.11 Å². The maximum Gasteiger partial charge on any atom is 0.254 e. The molecule has 1 aromatic carbocycles. The molecule has 2 heterocycles. The smallest absolute Gasteiger partial charge is 0.254 e. The molecule has 0 bridgehead atoms. The van der Waals surface area contributed by atoms with Crippen LogP contribution in [-0.4, -0.2) is 36.1 Å². The SMILES string of the molecule is COc1ccc(C(=O)N2CCc3c(COCC4CC4)cncc3C2)c(C)c1. The minimum absolute atomic E-state index is 0.0659. The third-order valence-corrected chi connectivity index (χ3v) is 5.49. The fourth-order valence-electron chi connectivity index (χ4n) is 3.66. The Kier molecular flexibility index (Phi) is 5.12. The molecule has 5 heteroatoms. The van der Waals surface area contributed by atoms with Crippen molar-refractivity contribution in [3.8, 4) is 5.75 Å². The molecule has 0 saturated heterocycles.